The number of hydrogen-bond donors (Lipinski definition) is 2. The maximum Gasteiger partial charge on any atom is 0.240 e. The van der Waals surface area contributed by atoms with Crippen molar-refractivity contribution >= 4 is 5.91 Å². The lowest BCUT2D eigenvalue weighted by molar-refractivity contribution is -0.127. The van der Waals surface area contributed by atoms with Crippen LogP contribution in [0.3, 0.4) is 0 Å². The Kier molecular flexibility index (Phi) is 3.42. The number of amides is 1. The fraction of sp³-hybridized carbons (Fsp3) is 0.727. The van der Waals surface area contributed by atoms with E-state index in [1.807, 2.05) is 7.05 Å². The molecule has 94 valence electrons. The summed E-state index contributed by atoms with van der Waals surface area (Å²) < 4.78 is 1.78. The summed E-state index contributed by atoms with van der Waals surface area (Å²) in [6, 6.07) is 0. The van der Waals surface area contributed by atoms with E-state index in [1.165, 1.54) is 6.42 Å². The molecule has 3 N–H and O–H groups in total. The minimum Gasteiger partial charge on any atom is -0.347 e. The number of aryl methyl sites for hydroxylation is 1. The fourth-order valence-electron chi connectivity index (χ4n) is 2.21. The summed E-state index contributed by atoms with van der Waals surface area (Å²) in [5.41, 5.74) is 5.44. The van der Waals surface area contributed by atoms with Crippen molar-refractivity contribution in [2.24, 2.45) is 12.8 Å². The highest BCUT2D eigenvalue weighted by Crippen LogP contribution is 2.25. The normalized spacial score (nSPS) is 18.9. The van der Waals surface area contributed by atoms with E-state index in [4.69, 9.17) is 5.73 Å². The zero-order valence-corrected chi connectivity index (χ0v) is 10.1. The van der Waals surface area contributed by atoms with Gasteiger partial charge in [0, 0.05) is 7.05 Å². The number of carbonyl (C=O) groups excluding carboxylic acids is 1. The molecule has 1 heterocycles. The molecule has 0 aromatic carbocycles. The van der Waals surface area contributed by atoms with Crippen molar-refractivity contribution in [2.75, 3.05) is 0 Å². The first-order valence-electron chi connectivity index (χ1n) is 6.02. The maximum absolute atomic E-state index is 12.0. The maximum atomic E-state index is 12.0. The molecule has 17 heavy (non-hydrogen) atoms. The van der Waals surface area contributed by atoms with Gasteiger partial charge in [-0.05, 0) is 12.8 Å². The first-order chi connectivity index (χ1) is 8.12. The smallest absolute Gasteiger partial charge is 0.240 e. The quantitative estimate of drug-likeness (QED) is 0.780. The van der Waals surface area contributed by atoms with Gasteiger partial charge in [0.2, 0.25) is 5.91 Å². The molecule has 2 rings (SSSR count). The molecule has 0 radical (unpaired) electrons. The highest BCUT2D eigenvalue weighted by Gasteiger charge is 2.35. The van der Waals surface area contributed by atoms with Crippen LogP contribution >= 0.6 is 0 Å². The minimum atomic E-state index is -0.684. The standard InChI is InChI=1S/C11H19N5O/c1-16-8-14-15-9(16)7-13-10(17)11(12)5-3-2-4-6-11/h8H,2-7,12H2,1H3,(H,13,17). The number of carbonyl (C=O) groups is 1. The third-order valence-electron chi connectivity index (χ3n) is 3.41. The third-order valence-corrected chi connectivity index (χ3v) is 3.41. The molecule has 1 aliphatic rings. The Labute approximate surface area is 101 Å². The monoisotopic (exact) mass is 237 g/mol. The van der Waals surface area contributed by atoms with Crippen LogP contribution in [-0.4, -0.2) is 26.2 Å². The number of aromatic nitrogens is 3. The summed E-state index contributed by atoms with van der Waals surface area (Å²) in [7, 11) is 1.85. The van der Waals surface area contributed by atoms with Gasteiger partial charge in [0.25, 0.3) is 0 Å². The van der Waals surface area contributed by atoms with Crippen LogP contribution in [0.5, 0.6) is 0 Å². The fourth-order valence-corrected chi connectivity index (χ4v) is 2.21. The second-order valence-corrected chi connectivity index (χ2v) is 4.76. The summed E-state index contributed by atoms with van der Waals surface area (Å²) in [4.78, 5) is 12.0. The van der Waals surface area contributed by atoms with Gasteiger partial charge in [-0.25, -0.2) is 0 Å². The van der Waals surface area contributed by atoms with Gasteiger partial charge in [-0.15, -0.1) is 10.2 Å². The van der Waals surface area contributed by atoms with Crippen LogP contribution in [0.15, 0.2) is 6.33 Å². The molecule has 1 fully saturated rings. The van der Waals surface area contributed by atoms with Gasteiger partial charge in [0.1, 0.15) is 6.33 Å². The van der Waals surface area contributed by atoms with E-state index in [0.29, 0.717) is 6.54 Å². The molecule has 1 amide bonds. The lowest BCUT2D eigenvalue weighted by Gasteiger charge is -2.31. The molecule has 1 aliphatic carbocycles. The van der Waals surface area contributed by atoms with E-state index in [-0.39, 0.29) is 5.91 Å². The van der Waals surface area contributed by atoms with E-state index in [1.54, 1.807) is 10.9 Å². The molecular weight excluding hydrogens is 218 g/mol. The van der Waals surface area contributed by atoms with E-state index in [0.717, 1.165) is 31.5 Å². The van der Waals surface area contributed by atoms with Crippen LogP contribution in [0.4, 0.5) is 0 Å². The van der Waals surface area contributed by atoms with Gasteiger partial charge in [0.15, 0.2) is 5.82 Å². The van der Waals surface area contributed by atoms with Crippen molar-refractivity contribution in [2.45, 2.75) is 44.2 Å². The number of nitrogens with two attached hydrogens (primary N) is 1. The molecule has 1 aromatic heterocycles. The van der Waals surface area contributed by atoms with Crippen LogP contribution in [0.2, 0.25) is 0 Å². The highest BCUT2D eigenvalue weighted by atomic mass is 16.2. The Balaban J connectivity index is 1.91. The van der Waals surface area contributed by atoms with Crippen LogP contribution in [0.1, 0.15) is 37.9 Å². The molecule has 0 unspecified atom stereocenters. The number of rotatable bonds is 3. The number of nitrogens with zero attached hydrogens (tertiary/aromatic N) is 3. The molecule has 0 aliphatic heterocycles. The molecule has 0 bridgehead atoms. The van der Waals surface area contributed by atoms with Crippen LogP contribution in [-0.2, 0) is 18.4 Å². The summed E-state index contributed by atoms with van der Waals surface area (Å²) in [6.45, 7) is 0.383. The van der Waals surface area contributed by atoms with Crippen molar-refractivity contribution in [1.29, 1.82) is 0 Å². The average Bonchev–Trinajstić information content (AvgIpc) is 2.73. The molecule has 1 aromatic rings. The van der Waals surface area contributed by atoms with Crippen LogP contribution < -0.4 is 11.1 Å². The molecular formula is C11H19N5O. The second-order valence-electron chi connectivity index (χ2n) is 4.76. The van der Waals surface area contributed by atoms with Crippen molar-refractivity contribution in [1.82, 2.24) is 20.1 Å². The van der Waals surface area contributed by atoms with E-state index in [9.17, 15) is 4.79 Å². The number of hydrogen-bond acceptors (Lipinski definition) is 4. The van der Waals surface area contributed by atoms with Crippen molar-refractivity contribution in [3.05, 3.63) is 12.2 Å². The van der Waals surface area contributed by atoms with E-state index >= 15 is 0 Å². The van der Waals surface area contributed by atoms with Crippen molar-refractivity contribution in [3.63, 3.8) is 0 Å². The molecule has 6 nitrogen and oxygen atoms in total. The largest absolute Gasteiger partial charge is 0.347 e. The van der Waals surface area contributed by atoms with Gasteiger partial charge >= 0.3 is 0 Å². The molecule has 0 spiro atoms. The predicted molar refractivity (Wildman–Crippen MR) is 62.9 cm³/mol. The summed E-state index contributed by atoms with van der Waals surface area (Å²) in [5.74, 6) is 0.665. The first-order valence-corrected chi connectivity index (χ1v) is 6.02. The zero-order chi connectivity index (χ0) is 12.3. The Morgan fingerprint density at radius 2 is 2.24 bits per heavy atom. The highest BCUT2D eigenvalue weighted by molar-refractivity contribution is 5.86. The topological polar surface area (TPSA) is 85.8 Å². The molecule has 1 saturated carbocycles. The minimum absolute atomic E-state index is 0.0693. The molecule has 6 heteroatoms. The van der Waals surface area contributed by atoms with Gasteiger partial charge in [0.05, 0.1) is 12.1 Å². The van der Waals surface area contributed by atoms with Crippen molar-refractivity contribution in [3.8, 4) is 0 Å². The summed E-state index contributed by atoms with van der Waals surface area (Å²) in [6.07, 6.45) is 6.41. The van der Waals surface area contributed by atoms with Crippen LogP contribution in [0, 0.1) is 0 Å². The Hall–Kier alpha value is -1.43. The van der Waals surface area contributed by atoms with Gasteiger partial charge in [-0.2, -0.15) is 0 Å². The lowest BCUT2D eigenvalue weighted by atomic mass is 9.82. The Morgan fingerprint density at radius 1 is 1.53 bits per heavy atom. The lowest BCUT2D eigenvalue weighted by Crippen LogP contribution is -2.54. The SMILES string of the molecule is Cn1cnnc1CNC(=O)C1(N)CCCCC1. The van der Waals surface area contributed by atoms with Crippen LogP contribution in [0.25, 0.3) is 0 Å². The van der Waals surface area contributed by atoms with Crippen molar-refractivity contribution < 1.29 is 4.79 Å². The third kappa shape index (κ3) is 2.63. The summed E-state index contributed by atoms with van der Waals surface area (Å²) >= 11 is 0. The zero-order valence-electron chi connectivity index (χ0n) is 10.1. The Bertz CT molecular complexity index is 394. The van der Waals surface area contributed by atoms with E-state index in [2.05, 4.69) is 15.5 Å². The van der Waals surface area contributed by atoms with Gasteiger partial charge in [-0.3, -0.25) is 4.79 Å². The molecule has 0 atom stereocenters. The second kappa shape index (κ2) is 4.83. The Morgan fingerprint density at radius 3 is 2.82 bits per heavy atom. The average molecular weight is 237 g/mol. The molecule has 0 saturated heterocycles. The summed E-state index contributed by atoms with van der Waals surface area (Å²) in [5, 5.41) is 10.5. The first kappa shape index (κ1) is 12.0. The van der Waals surface area contributed by atoms with E-state index < -0.39 is 5.54 Å². The predicted octanol–water partition coefficient (Wildman–Crippen LogP) is 0.0929. The van der Waals surface area contributed by atoms with Gasteiger partial charge < -0.3 is 15.6 Å². The number of nitrogens with one attached hydrogen (secondary N) is 1. The van der Waals surface area contributed by atoms with Gasteiger partial charge in [-0.1, -0.05) is 19.3 Å².